The second-order valence-corrected chi connectivity index (χ2v) is 5.66. The second-order valence-electron chi connectivity index (χ2n) is 5.22. The average Bonchev–Trinajstić information content (AvgIpc) is 2.52. The van der Waals surface area contributed by atoms with Gasteiger partial charge in [-0.25, -0.2) is 0 Å². The topological polar surface area (TPSA) is 84.9 Å². The van der Waals surface area contributed by atoms with Crippen molar-refractivity contribution >= 4 is 23.5 Å². The highest BCUT2D eigenvalue weighted by atomic mass is 35.5. The number of carboxylic acid groups (broad SMARTS) is 1. The molecular formula is C15H18ClNO5. The molecule has 0 saturated carbocycles. The first-order valence-electron chi connectivity index (χ1n) is 6.98. The van der Waals surface area contributed by atoms with Gasteiger partial charge in [0.25, 0.3) is 5.91 Å². The third-order valence-electron chi connectivity index (χ3n) is 3.69. The highest BCUT2D eigenvalue weighted by Crippen LogP contribution is 2.30. The van der Waals surface area contributed by atoms with Crippen LogP contribution in [0.5, 0.6) is 5.75 Å². The quantitative estimate of drug-likeness (QED) is 0.831. The van der Waals surface area contributed by atoms with E-state index in [1.54, 1.807) is 24.3 Å². The van der Waals surface area contributed by atoms with Crippen LogP contribution in [0.1, 0.15) is 12.8 Å². The Morgan fingerprint density at radius 2 is 2.09 bits per heavy atom. The lowest BCUT2D eigenvalue weighted by Crippen LogP contribution is -2.47. The van der Waals surface area contributed by atoms with Gasteiger partial charge in [-0.05, 0) is 31.0 Å². The van der Waals surface area contributed by atoms with Gasteiger partial charge in [0.05, 0.1) is 5.41 Å². The van der Waals surface area contributed by atoms with Gasteiger partial charge in [-0.1, -0.05) is 17.7 Å². The number of hydrogen-bond acceptors (Lipinski definition) is 4. The predicted molar refractivity (Wildman–Crippen MR) is 80.1 cm³/mol. The molecule has 2 rings (SSSR count). The molecule has 2 N–H and O–H groups in total. The van der Waals surface area contributed by atoms with E-state index < -0.39 is 11.4 Å². The zero-order valence-electron chi connectivity index (χ0n) is 12.0. The van der Waals surface area contributed by atoms with Gasteiger partial charge < -0.3 is 19.9 Å². The Labute approximate surface area is 133 Å². The first kappa shape index (κ1) is 16.6. The Hall–Kier alpha value is -1.79. The highest BCUT2D eigenvalue weighted by Gasteiger charge is 2.40. The van der Waals surface area contributed by atoms with Crippen LogP contribution in [0.3, 0.4) is 0 Å². The number of nitrogens with one attached hydrogen (secondary N) is 1. The molecule has 1 aromatic carbocycles. The number of carbonyl (C=O) groups is 2. The number of halogens is 1. The van der Waals surface area contributed by atoms with Crippen molar-refractivity contribution in [3.8, 4) is 5.75 Å². The molecule has 0 aliphatic carbocycles. The van der Waals surface area contributed by atoms with Crippen LogP contribution in [0.25, 0.3) is 0 Å². The zero-order valence-corrected chi connectivity index (χ0v) is 12.8. The molecule has 120 valence electrons. The van der Waals surface area contributed by atoms with Crippen LogP contribution in [0.15, 0.2) is 24.3 Å². The maximum absolute atomic E-state index is 11.8. The standard InChI is InChI=1S/C15H18ClNO5/c16-11-2-1-3-12(8-11)22-9-13(18)17-10-15(14(19)20)4-6-21-7-5-15/h1-3,8H,4-7,9-10H2,(H,17,18)(H,19,20). The Balaban J connectivity index is 1.82. The van der Waals surface area contributed by atoms with E-state index in [-0.39, 0.29) is 19.1 Å². The monoisotopic (exact) mass is 327 g/mol. The average molecular weight is 328 g/mol. The number of amides is 1. The summed E-state index contributed by atoms with van der Waals surface area (Å²) < 4.78 is 10.5. The summed E-state index contributed by atoms with van der Waals surface area (Å²) >= 11 is 5.82. The minimum atomic E-state index is -0.954. The number of benzene rings is 1. The number of aliphatic carboxylic acids is 1. The van der Waals surface area contributed by atoms with Gasteiger partial charge in [-0.3, -0.25) is 9.59 Å². The van der Waals surface area contributed by atoms with Gasteiger partial charge in [0.2, 0.25) is 0 Å². The molecule has 1 amide bonds. The number of carbonyl (C=O) groups excluding carboxylic acids is 1. The molecule has 0 bridgehead atoms. The SMILES string of the molecule is O=C(COc1cccc(Cl)c1)NCC1(C(=O)O)CCOCC1. The Kier molecular flexibility index (Phi) is 5.63. The van der Waals surface area contributed by atoms with Crippen molar-refractivity contribution in [2.45, 2.75) is 12.8 Å². The Morgan fingerprint density at radius 3 is 2.73 bits per heavy atom. The third-order valence-corrected chi connectivity index (χ3v) is 3.93. The Bertz CT molecular complexity index is 542. The van der Waals surface area contributed by atoms with Crippen molar-refractivity contribution in [2.24, 2.45) is 5.41 Å². The molecule has 22 heavy (non-hydrogen) atoms. The van der Waals surface area contributed by atoms with Crippen LogP contribution < -0.4 is 10.1 Å². The van der Waals surface area contributed by atoms with Gasteiger partial charge in [0.15, 0.2) is 6.61 Å². The second kappa shape index (κ2) is 7.47. The van der Waals surface area contributed by atoms with E-state index in [1.165, 1.54) is 0 Å². The normalized spacial score (nSPS) is 16.8. The summed E-state index contributed by atoms with van der Waals surface area (Å²) in [5, 5.41) is 12.5. The van der Waals surface area contributed by atoms with E-state index in [0.29, 0.717) is 36.8 Å². The van der Waals surface area contributed by atoms with Crippen LogP contribution in [0.2, 0.25) is 5.02 Å². The first-order chi connectivity index (χ1) is 10.5. The number of hydrogen-bond donors (Lipinski definition) is 2. The fourth-order valence-corrected chi connectivity index (χ4v) is 2.43. The van der Waals surface area contributed by atoms with E-state index in [2.05, 4.69) is 5.32 Å². The molecule has 1 fully saturated rings. The van der Waals surface area contributed by atoms with E-state index in [4.69, 9.17) is 21.1 Å². The molecular weight excluding hydrogens is 310 g/mol. The number of carboxylic acids is 1. The van der Waals surface area contributed by atoms with Crippen molar-refractivity contribution in [3.05, 3.63) is 29.3 Å². The molecule has 6 nitrogen and oxygen atoms in total. The molecule has 0 unspecified atom stereocenters. The zero-order chi connectivity index (χ0) is 16.0. The minimum absolute atomic E-state index is 0.0728. The lowest BCUT2D eigenvalue weighted by molar-refractivity contribution is -0.154. The van der Waals surface area contributed by atoms with Gasteiger partial charge in [-0.2, -0.15) is 0 Å². The molecule has 7 heteroatoms. The minimum Gasteiger partial charge on any atom is -0.484 e. The largest absolute Gasteiger partial charge is 0.484 e. The first-order valence-corrected chi connectivity index (χ1v) is 7.36. The molecule has 0 radical (unpaired) electrons. The van der Waals surface area contributed by atoms with E-state index in [0.717, 1.165) is 0 Å². The third kappa shape index (κ3) is 4.35. The van der Waals surface area contributed by atoms with Crippen LogP contribution in [0, 0.1) is 5.41 Å². The summed E-state index contributed by atoms with van der Waals surface area (Å²) in [6.07, 6.45) is 0.773. The molecule has 0 atom stereocenters. The molecule has 1 heterocycles. The maximum Gasteiger partial charge on any atom is 0.311 e. The van der Waals surface area contributed by atoms with Crippen LogP contribution >= 0.6 is 11.6 Å². The van der Waals surface area contributed by atoms with E-state index in [1.807, 2.05) is 0 Å². The summed E-state index contributed by atoms with van der Waals surface area (Å²) in [7, 11) is 0. The van der Waals surface area contributed by atoms with E-state index in [9.17, 15) is 14.7 Å². The van der Waals surface area contributed by atoms with Crippen LogP contribution in [0.4, 0.5) is 0 Å². The molecule has 1 aliphatic rings. The molecule has 1 aliphatic heterocycles. The number of rotatable bonds is 6. The summed E-state index contributed by atoms with van der Waals surface area (Å²) in [6.45, 7) is 0.665. The smallest absolute Gasteiger partial charge is 0.311 e. The molecule has 0 aromatic heterocycles. The lowest BCUT2D eigenvalue weighted by atomic mass is 9.80. The lowest BCUT2D eigenvalue weighted by Gasteiger charge is -2.33. The van der Waals surface area contributed by atoms with Crippen LogP contribution in [-0.4, -0.2) is 43.3 Å². The summed E-state index contributed by atoms with van der Waals surface area (Å²) in [6, 6.07) is 6.72. The molecule has 0 spiro atoms. The fraction of sp³-hybridized carbons (Fsp3) is 0.467. The van der Waals surface area contributed by atoms with E-state index >= 15 is 0 Å². The van der Waals surface area contributed by atoms with Crippen LogP contribution in [-0.2, 0) is 14.3 Å². The van der Waals surface area contributed by atoms with Gasteiger partial charge in [0, 0.05) is 24.8 Å². The van der Waals surface area contributed by atoms with Crippen molar-refractivity contribution < 1.29 is 24.2 Å². The Morgan fingerprint density at radius 1 is 1.36 bits per heavy atom. The molecule has 1 saturated heterocycles. The molecule has 1 aromatic rings. The highest BCUT2D eigenvalue weighted by molar-refractivity contribution is 6.30. The van der Waals surface area contributed by atoms with Gasteiger partial charge in [-0.15, -0.1) is 0 Å². The number of ether oxygens (including phenoxy) is 2. The van der Waals surface area contributed by atoms with Crippen molar-refractivity contribution in [3.63, 3.8) is 0 Å². The maximum atomic E-state index is 11.8. The van der Waals surface area contributed by atoms with Crippen molar-refractivity contribution in [1.82, 2.24) is 5.32 Å². The summed E-state index contributed by atoms with van der Waals surface area (Å²) in [5.74, 6) is -0.791. The predicted octanol–water partition coefficient (Wildman–Crippen LogP) is 1.72. The summed E-state index contributed by atoms with van der Waals surface area (Å²) in [5.41, 5.74) is -0.954. The van der Waals surface area contributed by atoms with Gasteiger partial charge >= 0.3 is 5.97 Å². The fourth-order valence-electron chi connectivity index (χ4n) is 2.25. The van der Waals surface area contributed by atoms with Gasteiger partial charge in [0.1, 0.15) is 5.75 Å². The van der Waals surface area contributed by atoms with Crippen molar-refractivity contribution in [2.75, 3.05) is 26.4 Å². The summed E-state index contributed by atoms with van der Waals surface area (Å²) in [4.78, 5) is 23.3. The van der Waals surface area contributed by atoms with Crippen molar-refractivity contribution in [1.29, 1.82) is 0 Å².